The predicted molar refractivity (Wildman–Crippen MR) is 84.1 cm³/mol. The Morgan fingerprint density at radius 2 is 1.90 bits per heavy atom. The van der Waals surface area contributed by atoms with Crippen molar-refractivity contribution in [3.05, 3.63) is 0 Å². The summed E-state index contributed by atoms with van der Waals surface area (Å²) in [4.78, 5) is 16.8. The second kappa shape index (κ2) is 8.71. The maximum absolute atomic E-state index is 12.3. The highest BCUT2D eigenvalue weighted by Gasteiger charge is 2.27. The number of amides is 1. The molecular weight excluding hydrogens is 266 g/mol. The van der Waals surface area contributed by atoms with Gasteiger partial charge < -0.3 is 20.3 Å². The molecule has 2 rings (SSSR count). The topological polar surface area (TPSA) is 58.8 Å². The summed E-state index contributed by atoms with van der Waals surface area (Å²) in [6, 6.07) is -0.352. The van der Waals surface area contributed by atoms with Gasteiger partial charge in [0.25, 0.3) is 0 Å². The quantitative estimate of drug-likeness (QED) is 0.714. The van der Waals surface area contributed by atoms with Gasteiger partial charge in [-0.3, -0.25) is 4.79 Å². The van der Waals surface area contributed by atoms with Crippen LogP contribution in [0.25, 0.3) is 0 Å². The lowest BCUT2D eigenvalue weighted by Crippen LogP contribution is -2.48. The van der Waals surface area contributed by atoms with E-state index in [9.17, 15) is 4.79 Å². The van der Waals surface area contributed by atoms with Crippen LogP contribution in [0.2, 0.25) is 0 Å². The van der Waals surface area contributed by atoms with Crippen molar-refractivity contribution in [1.82, 2.24) is 9.80 Å². The number of methoxy groups -OCH3 is 1. The second-order valence-electron chi connectivity index (χ2n) is 6.52. The average molecular weight is 297 g/mol. The van der Waals surface area contributed by atoms with E-state index < -0.39 is 0 Å². The van der Waals surface area contributed by atoms with E-state index in [0.717, 1.165) is 44.7 Å². The van der Waals surface area contributed by atoms with Gasteiger partial charge in [0.15, 0.2) is 0 Å². The molecule has 2 N–H and O–H groups in total. The Labute approximate surface area is 128 Å². The SMILES string of the molecule is COCCCC(N)C(=O)N1CCC(CN2CCCC2)CC1. The van der Waals surface area contributed by atoms with E-state index in [-0.39, 0.29) is 11.9 Å². The molecule has 21 heavy (non-hydrogen) atoms. The highest BCUT2D eigenvalue weighted by molar-refractivity contribution is 5.81. The molecule has 2 aliphatic rings. The van der Waals surface area contributed by atoms with Crippen LogP contribution >= 0.6 is 0 Å². The van der Waals surface area contributed by atoms with Crippen LogP contribution in [0.15, 0.2) is 0 Å². The van der Waals surface area contributed by atoms with Crippen LogP contribution in [0.3, 0.4) is 0 Å². The molecule has 0 spiro atoms. The second-order valence-corrected chi connectivity index (χ2v) is 6.52. The van der Waals surface area contributed by atoms with Gasteiger partial charge in [-0.25, -0.2) is 0 Å². The van der Waals surface area contributed by atoms with Crippen LogP contribution in [0.5, 0.6) is 0 Å². The minimum absolute atomic E-state index is 0.130. The molecule has 1 atom stereocenters. The third kappa shape index (κ3) is 5.24. The highest BCUT2D eigenvalue weighted by Crippen LogP contribution is 2.21. The van der Waals surface area contributed by atoms with E-state index in [2.05, 4.69) is 4.90 Å². The molecule has 2 heterocycles. The number of carbonyl (C=O) groups excluding carboxylic acids is 1. The summed E-state index contributed by atoms with van der Waals surface area (Å²) in [6.45, 7) is 6.21. The van der Waals surface area contributed by atoms with Gasteiger partial charge in [-0.2, -0.15) is 0 Å². The number of hydrogen-bond acceptors (Lipinski definition) is 4. The summed E-state index contributed by atoms with van der Waals surface area (Å²) in [5.74, 6) is 0.891. The van der Waals surface area contributed by atoms with Gasteiger partial charge in [-0.1, -0.05) is 0 Å². The van der Waals surface area contributed by atoms with E-state index in [1.54, 1.807) is 7.11 Å². The number of nitrogens with zero attached hydrogens (tertiary/aromatic N) is 2. The first-order valence-electron chi connectivity index (χ1n) is 8.46. The van der Waals surface area contributed by atoms with Crippen LogP contribution < -0.4 is 5.73 Å². The maximum Gasteiger partial charge on any atom is 0.239 e. The van der Waals surface area contributed by atoms with Gasteiger partial charge in [0.05, 0.1) is 6.04 Å². The Morgan fingerprint density at radius 1 is 1.24 bits per heavy atom. The first-order chi connectivity index (χ1) is 10.2. The lowest BCUT2D eigenvalue weighted by atomic mass is 9.95. The zero-order valence-electron chi connectivity index (χ0n) is 13.4. The summed E-state index contributed by atoms with van der Waals surface area (Å²) in [5, 5.41) is 0. The molecular formula is C16H31N3O2. The molecule has 2 fully saturated rings. The molecule has 0 aromatic carbocycles. The fourth-order valence-electron chi connectivity index (χ4n) is 3.47. The minimum Gasteiger partial charge on any atom is -0.385 e. The van der Waals surface area contributed by atoms with Gasteiger partial charge in [-0.05, 0) is 57.5 Å². The van der Waals surface area contributed by atoms with E-state index in [4.69, 9.17) is 10.5 Å². The Bertz CT molecular complexity index is 311. The molecule has 5 nitrogen and oxygen atoms in total. The normalized spacial score (nSPS) is 22.7. The highest BCUT2D eigenvalue weighted by atomic mass is 16.5. The van der Waals surface area contributed by atoms with Crippen molar-refractivity contribution in [2.45, 2.75) is 44.6 Å². The van der Waals surface area contributed by atoms with Crippen molar-refractivity contribution in [2.75, 3.05) is 46.4 Å². The predicted octanol–water partition coefficient (Wildman–Crippen LogP) is 1.07. The van der Waals surface area contributed by atoms with Gasteiger partial charge >= 0.3 is 0 Å². The molecule has 2 saturated heterocycles. The van der Waals surface area contributed by atoms with Gasteiger partial charge in [0.1, 0.15) is 0 Å². The number of ether oxygens (including phenoxy) is 1. The number of nitrogens with two attached hydrogens (primary N) is 1. The van der Waals surface area contributed by atoms with Gasteiger partial charge in [-0.15, -0.1) is 0 Å². The fourth-order valence-corrected chi connectivity index (χ4v) is 3.47. The minimum atomic E-state index is -0.352. The van der Waals surface area contributed by atoms with Crippen LogP contribution in [-0.4, -0.2) is 68.2 Å². The van der Waals surface area contributed by atoms with Crippen LogP contribution in [0.1, 0.15) is 38.5 Å². The molecule has 122 valence electrons. The number of rotatable bonds is 7. The number of likely N-dealkylation sites (tertiary alicyclic amines) is 2. The maximum atomic E-state index is 12.3. The van der Waals surface area contributed by atoms with Crippen LogP contribution in [0, 0.1) is 5.92 Å². The zero-order chi connectivity index (χ0) is 15.1. The van der Waals surface area contributed by atoms with Crippen molar-refractivity contribution in [2.24, 2.45) is 11.7 Å². The van der Waals surface area contributed by atoms with Crippen molar-refractivity contribution in [3.63, 3.8) is 0 Å². The molecule has 0 aliphatic carbocycles. The van der Waals surface area contributed by atoms with Gasteiger partial charge in [0.2, 0.25) is 5.91 Å². The van der Waals surface area contributed by atoms with E-state index in [1.807, 2.05) is 4.90 Å². The first kappa shape index (κ1) is 16.7. The summed E-state index contributed by atoms with van der Waals surface area (Å²) >= 11 is 0. The lowest BCUT2D eigenvalue weighted by molar-refractivity contribution is -0.134. The van der Waals surface area contributed by atoms with Crippen molar-refractivity contribution in [1.29, 1.82) is 0 Å². The lowest BCUT2D eigenvalue weighted by Gasteiger charge is -2.35. The molecule has 0 aromatic rings. The van der Waals surface area contributed by atoms with Crippen LogP contribution in [0.4, 0.5) is 0 Å². The third-order valence-electron chi connectivity index (χ3n) is 4.82. The molecule has 1 amide bonds. The Morgan fingerprint density at radius 3 is 2.52 bits per heavy atom. The molecule has 5 heteroatoms. The zero-order valence-corrected chi connectivity index (χ0v) is 13.4. The summed E-state index contributed by atoms with van der Waals surface area (Å²) in [5.41, 5.74) is 6.00. The average Bonchev–Trinajstić information content (AvgIpc) is 3.00. The molecule has 0 radical (unpaired) electrons. The van der Waals surface area contributed by atoms with E-state index in [1.165, 1.54) is 32.5 Å². The molecule has 0 saturated carbocycles. The summed E-state index contributed by atoms with van der Waals surface area (Å²) < 4.78 is 5.01. The summed E-state index contributed by atoms with van der Waals surface area (Å²) in [7, 11) is 1.68. The molecule has 0 aromatic heterocycles. The summed E-state index contributed by atoms with van der Waals surface area (Å²) in [6.07, 6.45) is 6.55. The van der Waals surface area contributed by atoms with E-state index in [0.29, 0.717) is 6.61 Å². The smallest absolute Gasteiger partial charge is 0.239 e. The largest absolute Gasteiger partial charge is 0.385 e. The van der Waals surface area contributed by atoms with Crippen LogP contribution in [-0.2, 0) is 9.53 Å². The third-order valence-corrected chi connectivity index (χ3v) is 4.82. The number of hydrogen-bond donors (Lipinski definition) is 1. The Kier molecular flexibility index (Phi) is 6.93. The molecule has 0 bridgehead atoms. The fraction of sp³-hybridized carbons (Fsp3) is 0.938. The van der Waals surface area contributed by atoms with Crippen molar-refractivity contribution < 1.29 is 9.53 Å². The number of carbonyl (C=O) groups is 1. The van der Waals surface area contributed by atoms with E-state index >= 15 is 0 Å². The number of piperidine rings is 1. The Hall–Kier alpha value is -0.650. The first-order valence-corrected chi connectivity index (χ1v) is 8.46. The Balaban J connectivity index is 1.66. The molecule has 2 aliphatic heterocycles. The standard InChI is InChI=1S/C16H31N3O2/c1-21-12-4-5-15(17)16(20)19-10-6-14(7-11-19)13-18-8-2-3-9-18/h14-15H,2-13,17H2,1H3. The van der Waals surface area contributed by atoms with Crippen molar-refractivity contribution in [3.8, 4) is 0 Å². The molecule has 1 unspecified atom stereocenters. The monoisotopic (exact) mass is 297 g/mol. The van der Waals surface area contributed by atoms with Gasteiger partial charge in [0, 0.05) is 33.4 Å². The van der Waals surface area contributed by atoms with Crippen molar-refractivity contribution >= 4 is 5.91 Å².